The van der Waals surface area contributed by atoms with Crippen LogP contribution in [0.2, 0.25) is 0 Å². The van der Waals surface area contributed by atoms with E-state index < -0.39 is 29.6 Å². The van der Waals surface area contributed by atoms with Gasteiger partial charge in [0, 0.05) is 0 Å². The van der Waals surface area contributed by atoms with Crippen LogP contribution in [0.25, 0.3) is 0 Å². The molecule has 8 heteroatoms. The summed E-state index contributed by atoms with van der Waals surface area (Å²) in [6.07, 6.45) is -11.2. The van der Waals surface area contributed by atoms with Crippen molar-refractivity contribution >= 4 is 6.04 Å². The molecule has 0 bridgehead atoms. The molecule has 0 saturated heterocycles. The molecule has 0 atom stereocenters. The zero-order chi connectivity index (χ0) is 13.3. The van der Waals surface area contributed by atoms with Crippen molar-refractivity contribution in [1.82, 2.24) is 0 Å². The Kier molecular flexibility index (Phi) is 3.35. The van der Waals surface area contributed by atoms with E-state index in [4.69, 9.17) is 0 Å². The Morgan fingerprint density at radius 2 is 1.47 bits per heavy atom. The van der Waals surface area contributed by atoms with Gasteiger partial charge in [0.05, 0.1) is 5.56 Å². The number of ether oxygens (including phenoxy) is 1. The summed E-state index contributed by atoms with van der Waals surface area (Å²) < 4.78 is 75.5. The smallest absolute Gasteiger partial charge is 0.426 e. The lowest BCUT2D eigenvalue weighted by Gasteiger charge is -2.20. The zero-order valence-electron chi connectivity index (χ0n) is 7.89. The minimum atomic E-state index is -5.86. The summed E-state index contributed by atoms with van der Waals surface area (Å²) in [5.74, 6) is -0.836. The molecular formula is C9H4F6O2. The SMILES string of the molecule is O=C(F)c1ccc(OC(F)(F)C(F)(F)F)cc1. The summed E-state index contributed by atoms with van der Waals surface area (Å²) in [7, 11) is 0. The van der Waals surface area contributed by atoms with E-state index in [0.29, 0.717) is 12.1 Å². The molecule has 2 nitrogen and oxygen atoms in total. The van der Waals surface area contributed by atoms with Gasteiger partial charge in [-0.3, -0.25) is 4.79 Å². The van der Waals surface area contributed by atoms with Crippen molar-refractivity contribution in [3.8, 4) is 5.75 Å². The molecule has 1 aromatic rings. The van der Waals surface area contributed by atoms with E-state index in [1.165, 1.54) is 0 Å². The Morgan fingerprint density at radius 1 is 1.00 bits per heavy atom. The monoisotopic (exact) mass is 258 g/mol. The summed E-state index contributed by atoms with van der Waals surface area (Å²) in [5, 5.41) is 0. The van der Waals surface area contributed by atoms with Crippen LogP contribution in [0, 0.1) is 0 Å². The number of benzene rings is 1. The van der Waals surface area contributed by atoms with Crippen molar-refractivity contribution in [2.45, 2.75) is 12.3 Å². The third-order valence-electron chi connectivity index (χ3n) is 1.66. The summed E-state index contributed by atoms with van der Waals surface area (Å²) in [5.41, 5.74) is -0.479. The Hall–Kier alpha value is -1.73. The minimum absolute atomic E-state index is 0.479. The van der Waals surface area contributed by atoms with Crippen molar-refractivity contribution in [1.29, 1.82) is 0 Å². The van der Waals surface area contributed by atoms with Crippen molar-refractivity contribution in [2.24, 2.45) is 0 Å². The van der Waals surface area contributed by atoms with Crippen molar-refractivity contribution < 1.29 is 35.9 Å². The first-order valence-electron chi connectivity index (χ1n) is 4.07. The molecule has 0 aliphatic rings. The third kappa shape index (κ3) is 3.11. The zero-order valence-corrected chi connectivity index (χ0v) is 7.89. The van der Waals surface area contributed by atoms with E-state index in [0.717, 1.165) is 12.1 Å². The number of rotatable bonds is 3. The van der Waals surface area contributed by atoms with Gasteiger partial charge >= 0.3 is 18.3 Å². The van der Waals surface area contributed by atoms with Crippen LogP contribution in [0.5, 0.6) is 5.75 Å². The molecular weight excluding hydrogens is 254 g/mol. The Balaban J connectivity index is 2.86. The van der Waals surface area contributed by atoms with Gasteiger partial charge in [-0.15, -0.1) is 0 Å². The van der Waals surface area contributed by atoms with Crippen molar-refractivity contribution in [3.63, 3.8) is 0 Å². The second kappa shape index (κ2) is 4.27. The number of carbonyl (C=O) groups is 1. The predicted molar refractivity (Wildman–Crippen MR) is 43.5 cm³/mol. The second-order valence-corrected chi connectivity index (χ2v) is 2.91. The molecule has 0 radical (unpaired) electrons. The molecule has 0 N–H and O–H groups in total. The van der Waals surface area contributed by atoms with Gasteiger partial charge in [0.1, 0.15) is 5.75 Å². The van der Waals surface area contributed by atoms with Crippen LogP contribution in [0.15, 0.2) is 24.3 Å². The number of carbonyl (C=O) groups excluding carboxylic acids is 1. The van der Waals surface area contributed by atoms with Gasteiger partial charge in [0.2, 0.25) is 0 Å². The van der Waals surface area contributed by atoms with Gasteiger partial charge in [0.25, 0.3) is 0 Å². The van der Waals surface area contributed by atoms with Crippen LogP contribution in [0.4, 0.5) is 26.3 Å². The van der Waals surface area contributed by atoms with E-state index in [1.807, 2.05) is 0 Å². The van der Waals surface area contributed by atoms with Crippen LogP contribution < -0.4 is 4.74 Å². The Labute approximate surface area is 90.8 Å². The maximum Gasteiger partial charge on any atom is 0.499 e. The summed E-state index contributed by atoms with van der Waals surface area (Å²) in [6, 6.07) is 0.881. The molecule has 0 saturated carbocycles. The largest absolute Gasteiger partial charge is 0.499 e. The maximum atomic E-state index is 12.4. The van der Waals surface area contributed by atoms with Gasteiger partial charge in [-0.05, 0) is 24.3 Å². The summed E-state index contributed by atoms with van der Waals surface area (Å²) in [4.78, 5) is 10.2. The second-order valence-electron chi connectivity index (χ2n) is 2.91. The molecule has 0 aromatic heterocycles. The van der Waals surface area contributed by atoms with Gasteiger partial charge in [-0.1, -0.05) is 0 Å². The highest BCUT2D eigenvalue weighted by Gasteiger charge is 2.61. The van der Waals surface area contributed by atoms with Crippen LogP contribution >= 0.6 is 0 Å². The number of hydrogen-bond acceptors (Lipinski definition) is 2. The van der Waals surface area contributed by atoms with Crippen LogP contribution in [0.3, 0.4) is 0 Å². The summed E-state index contributed by atoms with van der Waals surface area (Å²) >= 11 is 0. The molecule has 0 heterocycles. The first-order chi connectivity index (χ1) is 7.63. The first kappa shape index (κ1) is 13.3. The molecule has 0 spiro atoms. The Morgan fingerprint density at radius 3 is 1.82 bits per heavy atom. The number of hydrogen-bond donors (Lipinski definition) is 0. The normalized spacial score (nSPS) is 12.4. The molecule has 0 fully saturated rings. The highest BCUT2D eigenvalue weighted by atomic mass is 19.4. The van der Waals surface area contributed by atoms with Crippen LogP contribution in [-0.2, 0) is 0 Å². The van der Waals surface area contributed by atoms with Crippen LogP contribution in [-0.4, -0.2) is 18.3 Å². The third-order valence-corrected chi connectivity index (χ3v) is 1.66. The molecule has 0 aliphatic carbocycles. The highest BCUT2D eigenvalue weighted by molar-refractivity contribution is 5.88. The molecule has 1 aromatic carbocycles. The first-order valence-corrected chi connectivity index (χ1v) is 4.07. The van der Waals surface area contributed by atoms with Gasteiger partial charge in [-0.2, -0.15) is 26.3 Å². The van der Waals surface area contributed by atoms with E-state index in [2.05, 4.69) is 4.74 Å². The van der Waals surface area contributed by atoms with E-state index in [-0.39, 0.29) is 0 Å². The number of alkyl halides is 5. The fraction of sp³-hybridized carbons (Fsp3) is 0.222. The minimum Gasteiger partial charge on any atom is -0.426 e. The lowest BCUT2D eigenvalue weighted by atomic mass is 10.2. The Bertz CT molecular complexity index is 408. The average molecular weight is 258 g/mol. The molecule has 0 amide bonds. The molecule has 17 heavy (non-hydrogen) atoms. The standard InChI is InChI=1S/C9H4F6O2/c10-7(16)5-1-3-6(4-2-5)17-9(14,15)8(11,12)13/h1-4H. The van der Waals surface area contributed by atoms with Crippen molar-refractivity contribution in [2.75, 3.05) is 0 Å². The molecule has 0 aliphatic heterocycles. The lowest BCUT2D eigenvalue weighted by molar-refractivity contribution is -0.360. The van der Waals surface area contributed by atoms with Crippen molar-refractivity contribution in [3.05, 3.63) is 29.8 Å². The maximum absolute atomic E-state index is 12.4. The van der Waals surface area contributed by atoms with Gasteiger partial charge in [-0.25, -0.2) is 0 Å². The topological polar surface area (TPSA) is 26.3 Å². The molecule has 1 rings (SSSR count). The predicted octanol–water partition coefficient (Wildman–Crippen LogP) is 3.33. The molecule has 94 valence electrons. The quantitative estimate of drug-likeness (QED) is 0.614. The lowest BCUT2D eigenvalue weighted by Crippen LogP contribution is -2.41. The molecule has 0 unspecified atom stereocenters. The fourth-order valence-electron chi connectivity index (χ4n) is 0.860. The number of halogens is 6. The van der Waals surface area contributed by atoms with Gasteiger partial charge in [0.15, 0.2) is 0 Å². The van der Waals surface area contributed by atoms with E-state index in [9.17, 15) is 31.1 Å². The highest BCUT2D eigenvalue weighted by Crippen LogP contribution is 2.37. The van der Waals surface area contributed by atoms with Crippen LogP contribution in [0.1, 0.15) is 10.4 Å². The van der Waals surface area contributed by atoms with E-state index in [1.54, 1.807) is 0 Å². The van der Waals surface area contributed by atoms with Gasteiger partial charge < -0.3 is 4.74 Å². The average Bonchev–Trinajstić information content (AvgIpc) is 2.16. The van der Waals surface area contributed by atoms with E-state index >= 15 is 0 Å². The fourth-order valence-corrected chi connectivity index (χ4v) is 0.860. The summed E-state index contributed by atoms with van der Waals surface area (Å²) in [6.45, 7) is 0.